The quantitative estimate of drug-likeness (QED) is 0.104. The lowest BCUT2D eigenvalue weighted by Gasteiger charge is -2.71. The minimum absolute atomic E-state index is 0.0699. The first kappa shape index (κ1) is 42.1. The van der Waals surface area contributed by atoms with Crippen molar-refractivity contribution < 1.29 is 74.2 Å². The normalized spacial score (nSPS) is 54.0. The van der Waals surface area contributed by atoms with E-state index in [0.717, 1.165) is 18.3 Å². The van der Waals surface area contributed by atoms with E-state index in [1.165, 1.54) is 0 Å². The highest BCUT2D eigenvalue weighted by Crippen LogP contribution is 2.75. The van der Waals surface area contributed by atoms with Crippen LogP contribution in [0.1, 0.15) is 99.3 Å². The van der Waals surface area contributed by atoms with Gasteiger partial charge in [0.2, 0.25) is 0 Å². The molecule has 0 aromatic carbocycles. The first-order valence-corrected chi connectivity index (χ1v) is 20.3. The second-order valence-electron chi connectivity index (χ2n) is 20.0. The highest BCUT2D eigenvalue weighted by atomic mass is 16.7. The van der Waals surface area contributed by atoms with Crippen molar-refractivity contribution in [1.82, 2.24) is 0 Å². The molecule has 4 saturated carbocycles. The van der Waals surface area contributed by atoms with Crippen LogP contribution in [0.3, 0.4) is 0 Å². The van der Waals surface area contributed by atoms with Crippen LogP contribution in [0.2, 0.25) is 0 Å². The first-order valence-electron chi connectivity index (χ1n) is 20.3. The topological polar surface area (TPSA) is 250 Å². The van der Waals surface area contributed by atoms with E-state index in [1.54, 1.807) is 0 Å². The lowest BCUT2D eigenvalue weighted by atomic mass is 9.33. The molecule has 0 spiro atoms. The Morgan fingerprint density at radius 1 is 0.804 bits per heavy atom. The fraction of sp³-hybridized carbons (Fsp3) is 0.878. The molecular formula is C41H62O15. The van der Waals surface area contributed by atoms with Gasteiger partial charge in [-0.3, -0.25) is 4.79 Å². The Hall–Kier alpha value is -2.05. The number of aliphatic hydroxyl groups excluding tert-OH is 6. The summed E-state index contributed by atoms with van der Waals surface area (Å²) in [5.41, 5.74) is -2.50. The number of carboxylic acids is 2. The van der Waals surface area contributed by atoms with Gasteiger partial charge in [-0.05, 0) is 97.2 Å². The molecule has 0 radical (unpaired) electrons. The van der Waals surface area contributed by atoms with Gasteiger partial charge in [-0.15, -0.1) is 0 Å². The molecule has 15 heteroatoms. The van der Waals surface area contributed by atoms with Gasteiger partial charge in [0, 0.05) is 0 Å². The van der Waals surface area contributed by atoms with E-state index in [9.17, 15) is 55.2 Å². The fourth-order valence-electron chi connectivity index (χ4n) is 13.3. The van der Waals surface area contributed by atoms with Crippen LogP contribution in [0.5, 0.6) is 0 Å². The van der Waals surface area contributed by atoms with Gasteiger partial charge in [0.1, 0.15) is 48.3 Å². The van der Waals surface area contributed by atoms with Crippen LogP contribution in [0.15, 0.2) is 11.6 Å². The fourth-order valence-corrected chi connectivity index (χ4v) is 13.3. The van der Waals surface area contributed by atoms with Crippen LogP contribution in [-0.2, 0) is 33.3 Å². The second-order valence-corrected chi connectivity index (χ2v) is 20.0. The summed E-state index contributed by atoms with van der Waals surface area (Å²) in [6.45, 7) is 12.5. The van der Waals surface area contributed by atoms with E-state index in [0.29, 0.717) is 51.4 Å². The molecule has 2 saturated heterocycles. The van der Waals surface area contributed by atoms with E-state index in [4.69, 9.17) is 18.9 Å². The number of hydrogen-bond donors (Lipinski definition) is 8. The lowest BCUT2D eigenvalue weighted by Crippen LogP contribution is -2.68. The van der Waals surface area contributed by atoms with E-state index in [1.807, 2.05) is 6.92 Å². The number of allylic oxidation sites excluding steroid dienone is 2. The summed E-state index contributed by atoms with van der Waals surface area (Å²) >= 11 is 0. The summed E-state index contributed by atoms with van der Waals surface area (Å²) in [7, 11) is 0. The van der Waals surface area contributed by atoms with Gasteiger partial charge in [0.15, 0.2) is 18.7 Å². The molecule has 316 valence electrons. The number of aliphatic hydroxyl groups is 6. The van der Waals surface area contributed by atoms with Crippen molar-refractivity contribution in [3.8, 4) is 0 Å². The van der Waals surface area contributed by atoms with Crippen molar-refractivity contribution in [2.45, 2.75) is 167 Å². The van der Waals surface area contributed by atoms with Gasteiger partial charge in [-0.2, -0.15) is 0 Å². The maximum absolute atomic E-state index is 13.4. The van der Waals surface area contributed by atoms with Crippen molar-refractivity contribution in [3.63, 3.8) is 0 Å². The monoisotopic (exact) mass is 794 g/mol. The third-order valence-corrected chi connectivity index (χ3v) is 16.8. The molecule has 19 unspecified atom stereocenters. The van der Waals surface area contributed by atoms with Crippen LogP contribution < -0.4 is 0 Å². The van der Waals surface area contributed by atoms with Crippen molar-refractivity contribution >= 4 is 18.2 Å². The average Bonchev–Trinajstić information content (AvgIpc) is 3.12. The number of aldehydes is 1. The zero-order chi connectivity index (χ0) is 41.1. The van der Waals surface area contributed by atoms with Crippen molar-refractivity contribution in [1.29, 1.82) is 0 Å². The number of rotatable bonds is 7. The van der Waals surface area contributed by atoms with E-state index < -0.39 is 108 Å². The number of carboxylic acid groups (broad SMARTS) is 2. The molecule has 15 nitrogen and oxygen atoms in total. The van der Waals surface area contributed by atoms with Crippen LogP contribution in [-0.4, -0.2) is 133 Å². The molecule has 0 bridgehead atoms. The Kier molecular flexibility index (Phi) is 10.5. The minimum atomic E-state index is -1.95. The standard InChI is InChI=1S/C41H62O15/c1-36(2)13-14-41(35(51)52)20(15-36)19-7-8-23-37(3)11-10-25(38(4,18-42)22(37)9-12-39(23,5)40(19,6)16-24(41)44)54-34-29(48)30(28(47)31(56-34)32(49)50)55-33-27(46)26(45)21(43)17-53-33/h7,18,20-31,33-34,43-48H,8-17H2,1-6H3,(H,49,50)(H,51,52). The maximum Gasteiger partial charge on any atom is 0.335 e. The predicted octanol–water partition coefficient (Wildman–Crippen LogP) is 1.76. The van der Waals surface area contributed by atoms with Gasteiger partial charge in [-0.1, -0.05) is 53.2 Å². The summed E-state index contributed by atoms with van der Waals surface area (Å²) in [6.07, 6.45) is -9.15. The zero-order valence-electron chi connectivity index (χ0n) is 33.2. The summed E-state index contributed by atoms with van der Waals surface area (Å²) in [4.78, 5) is 38.8. The average molecular weight is 795 g/mol. The Morgan fingerprint density at radius 3 is 2.14 bits per heavy atom. The Balaban J connectivity index is 1.16. The lowest BCUT2D eigenvalue weighted by molar-refractivity contribution is -0.355. The van der Waals surface area contributed by atoms with Crippen molar-refractivity contribution in [2.75, 3.05) is 6.61 Å². The molecule has 2 heterocycles. The highest BCUT2D eigenvalue weighted by molar-refractivity contribution is 5.77. The summed E-state index contributed by atoms with van der Waals surface area (Å²) < 4.78 is 23.0. The van der Waals surface area contributed by atoms with Crippen molar-refractivity contribution in [2.24, 2.45) is 50.2 Å². The van der Waals surface area contributed by atoms with E-state index >= 15 is 0 Å². The molecule has 7 rings (SSSR count). The SMILES string of the molecule is CC1(C)CCC2(C(=O)O)C(O)CC3(C)C(=CCC4C5(C)CCC(OC6OC(C(=O)O)C(O)C(OC7OCC(O)C(O)C7O)C6O)C(C)(C=O)C5CCC43C)C2C1. The molecular weight excluding hydrogens is 732 g/mol. The molecule has 2 aliphatic heterocycles. The molecule has 6 fully saturated rings. The summed E-state index contributed by atoms with van der Waals surface area (Å²) in [6, 6.07) is 0. The summed E-state index contributed by atoms with van der Waals surface area (Å²) in [5.74, 6) is -2.94. The van der Waals surface area contributed by atoms with E-state index in [2.05, 4.69) is 40.7 Å². The molecule has 7 aliphatic rings. The maximum atomic E-state index is 13.4. The Labute approximate surface area is 327 Å². The van der Waals surface area contributed by atoms with Crippen LogP contribution in [0.4, 0.5) is 0 Å². The first-order chi connectivity index (χ1) is 26.0. The molecule has 56 heavy (non-hydrogen) atoms. The number of fused-ring (bicyclic) bond motifs is 7. The number of hydrogen-bond acceptors (Lipinski definition) is 13. The van der Waals surface area contributed by atoms with Gasteiger partial charge in [0.05, 0.1) is 24.2 Å². The molecule has 8 N–H and O–H groups in total. The van der Waals surface area contributed by atoms with Crippen molar-refractivity contribution in [3.05, 3.63) is 11.6 Å². The molecule has 19 atom stereocenters. The largest absolute Gasteiger partial charge is 0.481 e. The molecule has 0 aromatic heterocycles. The third kappa shape index (κ3) is 5.92. The van der Waals surface area contributed by atoms with Gasteiger partial charge in [0.25, 0.3) is 0 Å². The van der Waals surface area contributed by atoms with Gasteiger partial charge < -0.3 is 64.6 Å². The Bertz CT molecular complexity index is 1600. The molecule has 5 aliphatic carbocycles. The third-order valence-electron chi connectivity index (χ3n) is 16.8. The predicted molar refractivity (Wildman–Crippen MR) is 194 cm³/mol. The number of ether oxygens (including phenoxy) is 4. The van der Waals surface area contributed by atoms with Crippen LogP contribution >= 0.6 is 0 Å². The van der Waals surface area contributed by atoms with Crippen LogP contribution in [0.25, 0.3) is 0 Å². The number of carbonyl (C=O) groups is 3. The number of aliphatic carboxylic acids is 2. The minimum Gasteiger partial charge on any atom is -0.481 e. The van der Waals surface area contributed by atoms with Crippen LogP contribution in [0, 0.1) is 50.2 Å². The number of carbonyl (C=O) groups excluding carboxylic acids is 1. The van der Waals surface area contributed by atoms with E-state index in [-0.39, 0.29) is 28.6 Å². The zero-order valence-corrected chi connectivity index (χ0v) is 33.2. The molecule has 0 aromatic rings. The molecule has 0 amide bonds. The Morgan fingerprint density at radius 2 is 1.50 bits per heavy atom. The van der Waals surface area contributed by atoms with Gasteiger partial charge >= 0.3 is 11.9 Å². The highest BCUT2D eigenvalue weighted by Gasteiger charge is 2.72. The second kappa shape index (κ2) is 14.0. The smallest absolute Gasteiger partial charge is 0.335 e. The summed E-state index contributed by atoms with van der Waals surface area (Å²) in [5, 5.41) is 85.5. The van der Waals surface area contributed by atoms with Gasteiger partial charge in [-0.25, -0.2) is 4.79 Å².